The highest BCUT2D eigenvalue weighted by molar-refractivity contribution is 5.95. The fourth-order valence-electron chi connectivity index (χ4n) is 4.40. The van der Waals surface area contributed by atoms with E-state index in [1.165, 1.54) is 0 Å². The van der Waals surface area contributed by atoms with Gasteiger partial charge in [-0.2, -0.15) is 0 Å². The van der Waals surface area contributed by atoms with Crippen LogP contribution in [0.25, 0.3) is 22.0 Å². The van der Waals surface area contributed by atoms with Crippen molar-refractivity contribution < 1.29 is 9.53 Å². The normalized spacial score (nSPS) is 15.2. The fourth-order valence-corrected chi connectivity index (χ4v) is 4.40. The molecule has 1 aliphatic heterocycles. The summed E-state index contributed by atoms with van der Waals surface area (Å²) < 4.78 is 5.93. The predicted molar refractivity (Wildman–Crippen MR) is 129 cm³/mol. The molecule has 1 atom stereocenters. The van der Waals surface area contributed by atoms with E-state index in [4.69, 9.17) is 4.74 Å². The van der Waals surface area contributed by atoms with E-state index in [2.05, 4.69) is 33.9 Å². The van der Waals surface area contributed by atoms with Gasteiger partial charge in [0.2, 0.25) is 0 Å². The molecule has 0 radical (unpaired) electrons. The van der Waals surface area contributed by atoms with Crippen LogP contribution in [-0.2, 0) is 4.79 Å². The minimum atomic E-state index is -0.130. The number of likely N-dealkylation sites (tertiary alicyclic amines) is 1. The van der Waals surface area contributed by atoms with Crippen LogP contribution in [0.1, 0.15) is 31.4 Å². The molecule has 5 heteroatoms. The van der Waals surface area contributed by atoms with Crippen molar-refractivity contribution in [2.75, 3.05) is 6.54 Å². The van der Waals surface area contributed by atoms with E-state index in [9.17, 15) is 4.79 Å². The average molecular weight is 434 g/mol. The number of amides is 1. The fraction of sp³-hybridized carbons (Fsp3) is 0.179. The van der Waals surface area contributed by atoms with Crippen LogP contribution in [-0.4, -0.2) is 27.3 Å². The van der Waals surface area contributed by atoms with Gasteiger partial charge in [-0.05, 0) is 73.2 Å². The molecule has 0 N–H and O–H groups in total. The van der Waals surface area contributed by atoms with Gasteiger partial charge in [0.1, 0.15) is 17.8 Å². The lowest BCUT2D eigenvalue weighted by atomic mass is 9.95. The Morgan fingerprint density at radius 1 is 1.03 bits per heavy atom. The number of hydrogen-bond donors (Lipinski definition) is 0. The van der Waals surface area contributed by atoms with Crippen LogP contribution in [0, 0.1) is 11.8 Å². The molecule has 1 amide bonds. The summed E-state index contributed by atoms with van der Waals surface area (Å²) in [4.78, 5) is 23.3. The van der Waals surface area contributed by atoms with Crippen molar-refractivity contribution in [3.8, 4) is 34.5 Å². The van der Waals surface area contributed by atoms with Crippen molar-refractivity contribution in [3.63, 3.8) is 0 Å². The maximum absolute atomic E-state index is 12.6. The molecule has 1 aromatic heterocycles. The minimum absolute atomic E-state index is 0.0450. The summed E-state index contributed by atoms with van der Waals surface area (Å²) in [5.74, 6) is 6.88. The standard InChI is InChI=1S/C28H23N3O2/c1-2-7-27(32)31-15-6-10-26(31)25-17-21(16-22-18-29-19-30-28(22)25)20-11-13-24(14-12-20)33-23-8-4-3-5-9-23/h3-5,8-9,11-14,16-19,26H,6,10,15H2,1H3. The average Bonchev–Trinajstić information content (AvgIpc) is 3.35. The second kappa shape index (κ2) is 9.13. The van der Waals surface area contributed by atoms with Gasteiger partial charge in [0.25, 0.3) is 5.91 Å². The van der Waals surface area contributed by atoms with E-state index in [0.29, 0.717) is 6.54 Å². The zero-order chi connectivity index (χ0) is 22.6. The van der Waals surface area contributed by atoms with Gasteiger partial charge in [0.15, 0.2) is 0 Å². The van der Waals surface area contributed by atoms with Crippen LogP contribution < -0.4 is 4.74 Å². The zero-order valence-corrected chi connectivity index (χ0v) is 18.4. The van der Waals surface area contributed by atoms with Gasteiger partial charge in [-0.1, -0.05) is 36.3 Å². The number of para-hydroxylation sites is 1. The molecule has 5 rings (SSSR count). The number of ether oxygens (including phenoxy) is 1. The summed E-state index contributed by atoms with van der Waals surface area (Å²) in [6.07, 6.45) is 5.23. The Morgan fingerprint density at radius 2 is 1.82 bits per heavy atom. The van der Waals surface area contributed by atoms with Crippen molar-refractivity contribution in [1.29, 1.82) is 0 Å². The quantitative estimate of drug-likeness (QED) is 0.383. The summed E-state index contributed by atoms with van der Waals surface area (Å²) in [5.41, 5.74) is 4.04. The van der Waals surface area contributed by atoms with Gasteiger partial charge in [0.05, 0.1) is 11.6 Å². The molecule has 5 nitrogen and oxygen atoms in total. The Balaban J connectivity index is 1.52. The Hall–Kier alpha value is -4.17. The lowest BCUT2D eigenvalue weighted by Gasteiger charge is -2.24. The summed E-state index contributed by atoms with van der Waals surface area (Å²) in [6, 6.07) is 22.0. The molecule has 33 heavy (non-hydrogen) atoms. The van der Waals surface area contributed by atoms with Crippen molar-refractivity contribution in [2.24, 2.45) is 0 Å². The number of carbonyl (C=O) groups excluding carboxylic acids is 1. The van der Waals surface area contributed by atoms with Gasteiger partial charge in [-0.3, -0.25) is 4.79 Å². The second-order valence-corrected chi connectivity index (χ2v) is 8.00. The maximum atomic E-state index is 12.6. The minimum Gasteiger partial charge on any atom is -0.457 e. The van der Waals surface area contributed by atoms with E-state index in [1.807, 2.05) is 65.7 Å². The van der Waals surface area contributed by atoms with E-state index in [-0.39, 0.29) is 11.9 Å². The van der Waals surface area contributed by atoms with Crippen LogP contribution in [0.2, 0.25) is 0 Å². The first-order valence-electron chi connectivity index (χ1n) is 11.0. The van der Waals surface area contributed by atoms with Crippen LogP contribution in [0.5, 0.6) is 11.5 Å². The molecule has 1 fully saturated rings. The Kier molecular flexibility index (Phi) is 5.73. The number of fused-ring (bicyclic) bond motifs is 1. The molecule has 0 aliphatic carbocycles. The number of nitrogens with zero attached hydrogens (tertiary/aromatic N) is 3. The monoisotopic (exact) mass is 433 g/mol. The maximum Gasteiger partial charge on any atom is 0.298 e. The molecule has 1 aliphatic rings. The summed E-state index contributed by atoms with van der Waals surface area (Å²) in [6.45, 7) is 2.40. The van der Waals surface area contributed by atoms with Gasteiger partial charge in [-0.25, -0.2) is 9.97 Å². The first-order chi connectivity index (χ1) is 16.2. The lowest BCUT2D eigenvalue weighted by molar-refractivity contribution is -0.125. The highest BCUT2D eigenvalue weighted by Gasteiger charge is 2.31. The van der Waals surface area contributed by atoms with E-state index < -0.39 is 0 Å². The number of rotatable bonds is 4. The van der Waals surface area contributed by atoms with Gasteiger partial charge >= 0.3 is 0 Å². The summed E-state index contributed by atoms with van der Waals surface area (Å²) in [7, 11) is 0. The van der Waals surface area contributed by atoms with Crippen molar-refractivity contribution in [3.05, 3.63) is 84.8 Å². The second-order valence-electron chi connectivity index (χ2n) is 8.00. The van der Waals surface area contributed by atoms with Crippen molar-refractivity contribution in [1.82, 2.24) is 14.9 Å². The van der Waals surface area contributed by atoms with Crippen LogP contribution >= 0.6 is 0 Å². The highest BCUT2D eigenvalue weighted by Crippen LogP contribution is 2.38. The molecule has 1 unspecified atom stereocenters. The Bertz CT molecular complexity index is 1360. The smallest absolute Gasteiger partial charge is 0.298 e. The summed E-state index contributed by atoms with van der Waals surface area (Å²) in [5, 5.41) is 0.954. The van der Waals surface area contributed by atoms with Crippen LogP contribution in [0.15, 0.2) is 79.3 Å². The number of hydrogen-bond acceptors (Lipinski definition) is 4. The molecule has 162 valence electrons. The molecule has 2 heterocycles. The molecule has 3 aromatic carbocycles. The topological polar surface area (TPSA) is 55.3 Å². The SMILES string of the molecule is CC#CC(=O)N1CCCC1c1cc(-c2ccc(Oc3ccccc3)cc2)cc2cncnc12. The van der Waals surface area contributed by atoms with E-state index in [0.717, 1.165) is 51.9 Å². The van der Waals surface area contributed by atoms with Crippen LogP contribution in [0.3, 0.4) is 0 Å². The molecular formula is C28H23N3O2. The Labute approximate surface area is 193 Å². The largest absolute Gasteiger partial charge is 0.457 e. The van der Waals surface area contributed by atoms with Crippen LogP contribution in [0.4, 0.5) is 0 Å². The first-order valence-corrected chi connectivity index (χ1v) is 11.0. The molecule has 0 spiro atoms. The van der Waals surface area contributed by atoms with Crippen molar-refractivity contribution >= 4 is 16.8 Å². The predicted octanol–water partition coefficient (Wildman–Crippen LogP) is 5.78. The third-order valence-corrected chi connectivity index (χ3v) is 5.91. The first kappa shape index (κ1) is 20.7. The van der Waals surface area contributed by atoms with Gasteiger partial charge < -0.3 is 9.64 Å². The number of aromatic nitrogens is 2. The zero-order valence-electron chi connectivity index (χ0n) is 18.4. The third kappa shape index (κ3) is 4.28. The molecule has 1 saturated heterocycles. The molecular weight excluding hydrogens is 410 g/mol. The van der Waals surface area contributed by atoms with Gasteiger partial charge in [0, 0.05) is 23.7 Å². The van der Waals surface area contributed by atoms with Crippen molar-refractivity contribution in [2.45, 2.75) is 25.8 Å². The Morgan fingerprint density at radius 3 is 2.61 bits per heavy atom. The molecule has 4 aromatic rings. The van der Waals surface area contributed by atoms with E-state index in [1.54, 1.807) is 13.3 Å². The highest BCUT2D eigenvalue weighted by atomic mass is 16.5. The van der Waals surface area contributed by atoms with E-state index >= 15 is 0 Å². The molecule has 0 bridgehead atoms. The summed E-state index contributed by atoms with van der Waals surface area (Å²) >= 11 is 0. The van der Waals surface area contributed by atoms with Gasteiger partial charge in [-0.15, -0.1) is 0 Å². The number of benzene rings is 3. The number of carbonyl (C=O) groups is 1. The molecule has 0 saturated carbocycles. The lowest BCUT2D eigenvalue weighted by Crippen LogP contribution is -2.29. The third-order valence-electron chi connectivity index (χ3n) is 5.91.